The molecule has 0 saturated carbocycles. The average Bonchev–Trinajstić information content (AvgIpc) is 2.70. The molecule has 0 unspecified atom stereocenters. The number of carbonyl (C=O) groups excluding carboxylic acids is 1. The molecule has 1 amide bonds. The lowest BCUT2D eigenvalue weighted by atomic mass is 9.90. The minimum atomic E-state index is 0.144. The highest BCUT2D eigenvalue weighted by Gasteiger charge is 2.19. The van der Waals surface area contributed by atoms with Crippen molar-refractivity contribution < 1.29 is 4.79 Å². The molecule has 2 aromatic carbocycles. The summed E-state index contributed by atoms with van der Waals surface area (Å²) in [5.74, 6) is 0.991. The first-order valence-electron chi connectivity index (χ1n) is 10.4. The topological polar surface area (TPSA) is 32.3 Å². The standard InChI is InChI=1S/C24H30N2O/c27-24-11-9-22-18-20(8-10-23(22)25-24)7-4-14-26-15-12-21(13-16-26)17-19-5-2-1-3-6-19/h1-3,5-6,8,10,18,21H,4,7,9,11-17H2,(H,25,27). The van der Waals surface area contributed by atoms with Crippen LogP contribution >= 0.6 is 0 Å². The zero-order chi connectivity index (χ0) is 18.5. The Bertz CT molecular complexity index is 763. The van der Waals surface area contributed by atoms with Gasteiger partial charge in [0.2, 0.25) is 5.91 Å². The summed E-state index contributed by atoms with van der Waals surface area (Å²) in [7, 11) is 0. The van der Waals surface area contributed by atoms with Crippen LogP contribution < -0.4 is 5.32 Å². The molecule has 3 nitrogen and oxygen atoms in total. The molecule has 1 saturated heterocycles. The molecule has 0 atom stereocenters. The lowest BCUT2D eigenvalue weighted by Gasteiger charge is -2.32. The van der Waals surface area contributed by atoms with Gasteiger partial charge in [-0.3, -0.25) is 4.79 Å². The first-order chi connectivity index (χ1) is 13.3. The van der Waals surface area contributed by atoms with Crippen LogP contribution in [0.5, 0.6) is 0 Å². The Morgan fingerprint density at radius 2 is 1.78 bits per heavy atom. The number of nitrogens with zero attached hydrogens (tertiary/aromatic N) is 1. The summed E-state index contributed by atoms with van der Waals surface area (Å²) >= 11 is 0. The van der Waals surface area contributed by atoms with Crippen LogP contribution in [0, 0.1) is 5.92 Å². The summed E-state index contributed by atoms with van der Waals surface area (Å²) in [5, 5.41) is 2.97. The van der Waals surface area contributed by atoms with Crippen molar-refractivity contribution >= 4 is 11.6 Å². The molecular formula is C24H30N2O. The van der Waals surface area contributed by atoms with Gasteiger partial charge in [0.1, 0.15) is 0 Å². The maximum absolute atomic E-state index is 11.5. The molecule has 4 rings (SSSR count). The molecule has 0 aromatic heterocycles. The Balaban J connectivity index is 1.19. The van der Waals surface area contributed by atoms with Gasteiger partial charge < -0.3 is 10.2 Å². The van der Waals surface area contributed by atoms with Gasteiger partial charge in [-0.1, -0.05) is 42.5 Å². The molecule has 1 fully saturated rings. The van der Waals surface area contributed by atoms with Gasteiger partial charge in [-0.15, -0.1) is 0 Å². The molecule has 142 valence electrons. The summed E-state index contributed by atoms with van der Waals surface area (Å²) in [6.45, 7) is 3.69. The van der Waals surface area contributed by atoms with Gasteiger partial charge >= 0.3 is 0 Å². The van der Waals surface area contributed by atoms with Crippen LogP contribution in [-0.2, 0) is 24.1 Å². The van der Waals surface area contributed by atoms with Gasteiger partial charge in [0.05, 0.1) is 0 Å². The minimum absolute atomic E-state index is 0.144. The van der Waals surface area contributed by atoms with E-state index in [0.717, 1.165) is 24.4 Å². The number of carbonyl (C=O) groups is 1. The number of likely N-dealkylation sites (tertiary alicyclic amines) is 1. The number of aryl methyl sites for hydroxylation is 2. The third-order valence-corrected chi connectivity index (χ3v) is 6.08. The van der Waals surface area contributed by atoms with Crippen LogP contribution in [0.25, 0.3) is 0 Å². The van der Waals surface area contributed by atoms with E-state index in [1.165, 1.54) is 62.0 Å². The molecule has 0 aliphatic carbocycles. The number of benzene rings is 2. The molecule has 0 bridgehead atoms. The molecule has 0 radical (unpaired) electrons. The Hall–Kier alpha value is -2.13. The molecule has 2 aliphatic rings. The second-order valence-electron chi connectivity index (χ2n) is 8.12. The maximum atomic E-state index is 11.5. The zero-order valence-corrected chi connectivity index (χ0v) is 16.1. The molecular weight excluding hydrogens is 332 g/mol. The van der Waals surface area contributed by atoms with Crippen LogP contribution in [0.4, 0.5) is 5.69 Å². The fourth-order valence-electron chi connectivity index (χ4n) is 4.46. The Morgan fingerprint density at radius 3 is 2.59 bits per heavy atom. The van der Waals surface area contributed by atoms with E-state index in [-0.39, 0.29) is 5.91 Å². The first kappa shape index (κ1) is 18.2. The predicted molar refractivity (Wildman–Crippen MR) is 111 cm³/mol. The molecule has 3 heteroatoms. The lowest BCUT2D eigenvalue weighted by Crippen LogP contribution is -2.35. The predicted octanol–water partition coefficient (Wildman–Crippen LogP) is 4.46. The first-order valence-corrected chi connectivity index (χ1v) is 10.4. The largest absolute Gasteiger partial charge is 0.326 e. The summed E-state index contributed by atoms with van der Waals surface area (Å²) in [4.78, 5) is 14.1. The summed E-state index contributed by atoms with van der Waals surface area (Å²) in [6.07, 6.45) is 7.74. The van der Waals surface area contributed by atoms with Crippen molar-refractivity contribution in [2.24, 2.45) is 5.92 Å². The van der Waals surface area contributed by atoms with E-state index in [9.17, 15) is 4.79 Å². The molecule has 27 heavy (non-hydrogen) atoms. The van der Waals surface area contributed by atoms with E-state index in [1.807, 2.05) is 0 Å². The number of anilines is 1. The molecule has 2 aromatic rings. The third-order valence-electron chi connectivity index (χ3n) is 6.08. The number of piperidine rings is 1. The van der Waals surface area contributed by atoms with Crippen molar-refractivity contribution in [2.45, 2.75) is 44.9 Å². The van der Waals surface area contributed by atoms with Gasteiger partial charge in [-0.25, -0.2) is 0 Å². The van der Waals surface area contributed by atoms with Crippen LogP contribution in [0.2, 0.25) is 0 Å². The van der Waals surface area contributed by atoms with Gasteiger partial charge in [0.15, 0.2) is 0 Å². The molecule has 2 heterocycles. The second-order valence-corrected chi connectivity index (χ2v) is 8.12. The van der Waals surface area contributed by atoms with Crippen LogP contribution in [0.1, 0.15) is 42.4 Å². The number of rotatable bonds is 6. The van der Waals surface area contributed by atoms with Gasteiger partial charge in [0, 0.05) is 12.1 Å². The number of fused-ring (bicyclic) bond motifs is 1. The average molecular weight is 363 g/mol. The number of hydrogen-bond donors (Lipinski definition) is 1. The Kier molecular flexibility index (Phi) is 5.88. The Morgan fingerprint density at radius 1 is 0.963 bits per heavy atom. The SMILES string of the molecule is O=C1CCc2cc(CCCN3CCC(Cc4ccccc4)CC3)ccc2N1. The van der Waals surface area contributed by atoms with Crippen LogP contribution in [-0.4, -0.2) is 30.4 Å². The number of amides is 1. The highest BCUT2D eigenvalue weighted by Crippen LogP contribution is 2.25. The van der Waals surface area contributed by atoms with Crippen molar-refractivity contribution in [3.63, 3.8) is 0 Å². The summed E-state index contributed by atoms with van der Waals surface area (Å²) < 4.78 is 0. The lowest BCUT2D eigenvalue weighted by molar-refractivity contribution is -0.116. The third kappa shape index (κ3) is 4.98. The van der Waals surface area contributed by atoms with Crippen molar-refractivity contribution in [1.82, 2.24) is 4.90 Å². The smallest absolute Gasteiger partial charge is 0.224 e. The van der Waals surface area contributed by atoms with E-state index in [0.29, 0.717) is 6.42 Å². The van der Waals surface area contributed by atoms with Gasteiger partial charge in [0.25, 0.3) is 0 Å². The molecule has 2 aliphatic heterocycles. The fraction of sp³-hybridized carbons (Fsp3) is 0.458. The van der Waals surface area contributed by atoms with E-state index in [4.69, 9.17) is 0 Å². The highest BCUT2D eigenvalue weighted by molar-refractivity contribution is 5.93. The number of nitrogens with one attached hydrogen (secondary N) is 1. The summed E-state index contributed by atoms with van der Waals surface area (Å²) in [5.41, 5.74) is 5.20. The Labute approximate surface area is 162 Å². The normalized spacial score (nSPS) is 18.1. The highest BCUT2D eigenvalue weighted by atomic mass is 16.1. The summed E-state index contributed by atoms with van der Waals surface area (Å²) in [6, 6.07) is 17.5. The van der Waals surface area contributed by atoms with Crippen molar-refractivity contribution in [3.05, 3.63) is 65.2 Å². The van der Waals surface area contributed by atoms with Crippen molar-refractivity contribution in [2.75, 3.05) is 25.0 Å². The van der Waals surface area contributed by atoms with E-state index in [1.54, 1.807) is 0 Å². The van der Waals surface area contributed by atoms with Crippen molar-refractivity contribution in [1.29, 1.82) is 0 Å². The van der Waals surface area contributed by atoms with Crippen molar-refractivity contribution in [3.8, 4) is 0 Å². The van der Waals surface area contributed by atoms with Gasteiger partial charge in [-0.2, -0.15) is 0 Å². The van der Waals surface area contributed by atoms with E-state index in [2.05, 4.69) is 58.7 Å². The molecule has 1 N–H and O–H groups in total. The van der Waals surface area contributed by atoms with Gasteiger partial charge in [-0.05, 0) is 86.8 Å². The molecule has 0 spiro atoms. The quantitative estimate of drug-likeness (QED) is 0.823. The van der Waals surface area contributed by atoms with E-state index >= 15 is 0 Å². The fourth-order valence-corrected chi connectivity index (χ4v) is 4.46. The minimum Gasteiger partial charge on any atom is -0.326 e. The second kappa shape index (κ2) is 8.71. The van der Waals surface area contributed by atoms with E-state index < -0.39 is 0 Å². The zero-order valence-electron chi connectivity index (χ0n) is 16.1. The maximum Gasteiger partial charge on any atom is 0.224 e. The number of hydrogen-bond acceptors (Lipinski definition) is 2. The van der Waals surface area contributed by atoms with Crippen LogP contribution in [0.15, 0.2) is 48.5 Å². The monoisotopic (exact) mass is 362 g/mol. The van der Waals surface area contributed by atoms with Crippen LogP contribution in [0.3, 0.4) is 0 Å².